The van der Waals surface area contributed by atoms with Crippen molar-refractivity contribution in [1.82, 2.24) is 9.80 Å². The Morgan fingerprint density at radius 3 is 2.56 bits per heavy atom. The fourth-order valence-corrected chi connectivity index (χ4v) is 5.18. The Morgan fingerprint density at radius 2 is 1.92 bits per heavy atom. The number of rotatable bonds is 4. The molecule has 25 heavy (non-hydrogen) atoms. The first-order chi connectivity index (χ1) is 12.2. The molecule has 2 bridgehead atoms. The number of carbonyl (C=O) groups excluding carboxylic acids is 1. The van der Waals surface area contributed by atoms with Crippen LogP contribution in [-0.2, 0) is 4.79 Å². The Labute approximate surface area is 150 Å². The monoisotopic (exact) mass is 340 g/mol. The lowest BCUT2D eigenvalue weighted by atomic mass is 9.75. The molecule has 1 aromatic rings. The minimum atomic E-state index is 0.290. The molecule has 134 valence electrons. The Kier molecular flexibility index (Phi) is 4.55. The molecule has 4 aliphatic heterocycles. The number of hydrogen-bond donors (Lipinski definition) is 0. The van der Waals surface area contributed by atoms with Crippen LogP contribution in [0.15, 0.2) is 36.4 Å². The maximum absolute atomic E-state index is 12.8. The maximum atomic E-state index is 12.8. The third kappa shape index (κ3) is 2.86. The smallest absolute Gasteiger partial charge is 0.226 e. The van der Waals surface area contributed by atoms with E-state index in [0.717, 1.165) is 12.3 Å². The van der Waals surface area contributed by atoms with Gasteiger partial charge in [0.1, 0.15) is 5.75 Å². The van der Waals surface area contributed by atoms with Crippen molar-refractivity contribution >= 4 is 5.91 Å². The van der Waals surface area contributed by atoms with Crippen molar-refractivity contribution in [2.45, 2.75) is 44.2 Å². The van der Waals surface area contributed by atoms with E-state index in [9.17, 15) is 4.79 Å². The number of allylic oxidation sites excluding steroid dienone is 1. The normalized spacial score (nSPS) is 33.7. The van der Waals surface area contributed by atoms with Crippen LogP contribution in [0.25, 0.3) is 0 Å². The lowest BCUT2D eigenvalue weighted by Gasteiger charge is -2.51. The number of likely N-dealkylation sites (tertiary alicyclic amines) is 1. The van der Waals surface area contributed by atoms with E-state index in [1.165, 1.54) is 31.5 Å². The predicted octanol–water partition coefficient (Wildman–Crippen LogP) is 3.05. The van der Waals surface area contributed by atoms with Crippen molar-refractivity contribution in [1.29, 1.82) is 0 Å². The van der Waals surface area contributed by atoms with Gasteiger partial charge in [-0.25, -0.2) is 0 Å². The third-order valence-corrected chi connectivity index (χ3v) is 6.39. The molecule has 0 radical (unpaired) electrons. The summed E-state index contributed by atoms with van der Waals surface area (Å²) in [6.07, 6.45) is 6.97. The molecule has 4 saturated heterocycles. The second-order valence-corrected chi connectivity index (χ2v) is 7.55. The van der Waals surface area contributed by atoms with Gasteiger partial charge in [0.05, 0.1) is 13.2 Å². The van der Waals surface area contributed by atoms with Gasteiger partial charge in [0.25, 0.3) is 0 Å². The number of amides is 1. The number of fused-ring (bicyclic) bond motifs is 2. The van der Waals surface area contributed by atoms with Crippen molar-refractivity contribution in [3.8, 4) is 5.75 Å². The van der Waals surface area contributed by atoms with Crippen molar-refractivity contribution < 1.29 is 9.53 Å². The van der Waals surface area contributed by atoms with E-state index in [0.29, 0.717) is 30.3 Å². The zero-order chi connectivity index (χ0) is 17.4. The van der Waals surface area contributed by atoms with Gasteiger partial charge >= 0.3 is 0 Å². The third-order valence-electron chi connectivity index (χ3n) is 6.39. The van der Waals surface area contributed by atoms with Gasteiger partial charge in [0, 0.05) is 24.9 Å². The van der Waals surface area contributed by atoms with E-state index in [4.69, 9.17) is 4.74 Å². The number of hydrogen-bond acceptors (Lipinski definition) is 3. The Morgan fingerprint density at radius 1 is 1.20 bits per heavy atom. The molecule has 0 aromatic heterocycles. The molecule has 3 atom stereocenters. The zero-order valence-corrected chi connectivity index (χ0v) is 15.2. The topological polar surface area (TPSA) is 32.8 Å². The highest BCUT2D eigenvalue weighted by molar-refractivity contribution is 5.79. The summed E-state index contributed by atoms with van der Waals surface area (Å²) in [4.78, 5) is 17.7. The van der Waals surface area contributed by atoms with E-state index in [2.05, 4.69) is 21.9 Å². The maximum Gasteiger partial charge on any atom is 0.226 e. The van der Waals surface area contributed by atoms with Gasteiger partial charge in [0.15, 0.2) is 0 Å². The Bertz CT molecular complexity index is 646. The summed E-state index contributed by atoms with van der Waals surface area (Å²) < 4.78 is 5.31. The number of benzene rings is 1. The quantitative estimate of drug-likeness (QED) is 0.790. The molecule has 5 rings (SSSR count). The van der Waals surface area contributed by atoms with E-state index >= 15 is 0 Å². The molecule has 0 aliphatic carbocycles. The van der Waals surface area contributed by atoms with Crippen LogP contribution in [0.5, 0.6) is 5.75 Å². The molecule has 4 heterocycles. The van der Waals surface area contributed by atoms with Gasteiger partial charge in [-0.15, -0.1) is 0 Å². The summed E-state index contributed by atoms with van der Waals surface area (Å²) in [5.41, 5.74) is 1.34. The van der Waals surface area contributed by atoms with Gasteiger partial charge in [-0.1, -0.05) is 24.3 Å². The predicted molar refractivity (Wildman–Crippen MR) is 98.8 cm³/mol. The zero-order valence-electron chi connectivity index (χ0n) is 15.2. The number of piperidine rings is 3. The summed E-state index contributed by atoms with van der Waals surface area (Å²) >= 11 is 0. The first kappa shape index (κ1) is 16.6. The summed E-state index contributed by atoms with van der Waals surface area (Å²) in [6.45, 7) is 5.21. The van der Waals surface area contributed by atoms with Crippen LogP contribution >= 0.6 is 0 Å². The average Bonchev–Trinajstić information content (AvgIpc) is 3.10. The van der Waals surface area contributed by atoms with Crippen LogP contribution in [0.1, 0.15) is 37.7 Å². The van der Waals surface area contributed by atoms with Crippen molar-refractivity contribution in [3.05, 3.63) is 42.0 Å². The van der Waals surface area contributed by atoms with Crippen LogP contribution in [-0.4, -0.2) is 54.5 Å². The number of ether oxygens (including phenoxy) is 1. The van der Waals surface area contributed by atoms with Crippen LogP contribution in [0.2, 0.25) is 0 Å². The summed E-state index contributed by atoms with van der Waals surface area (Å²) in [6, 6.07) is 9.34. The second-order valence-electron chi connectivity index (χ2n) is 7.55. The Balaban J connectivity index is 1.64. The molecule has 0 unspecified atom stereocenters. The molecular weight excluding hydrogens is 312 g/mol. The second kappa shape index (κ2) is 6.83. The van der Waals surface area contributed by atoms with Crippen LogP contribution in [0.4, 0.5) is 0 Å². The fraction of sp³-hybridized carbons (Fsp3) is 0.571. The summed E-state index contributed by atoms with van der Waals surface area (Å²) in [5.74, 6) is 2.27. The standard InChI is InChI=1S/C21H28N2O2/c1-3-4-5-19(24)23-14-18(15-6-8-17(25-2)9-7-15)21-20(23)16-10-12-22(21)13-11-16/h3-4,6-9,16,18,20-21H,5,10-14H2,1-2H3/b4-3+/t18-,20+,21+/m1/s1. The van der Waals surface area contributed by atoms with Gasteiger partial charge in [-0.05, 0) is 56.5 Å². The van der Waals surface area contributed by atoms with Crippen molar-refractivity contribution in [3.63, 3.8) is 0 Å². The summed E-state index contributed by atoms with van der Waals surface area (Å²) in [5, 5.41) is 0. The van der Waals surface area contributed by atoms with Crippen LogP contribution in [0.3, 0.4) is 0 Å². The number of carbonyl (C=O) groups is 1. The van der Waals surface area contributed by atoms with E-state index in [1.54, 1.807) is 7.11 Å². The molecule has 0 saturated carbocycles. The molecule has 4 nitrogen and oxygen atoms in total. The van der Waals surface area contributed by atoms with Crippen LogP contribution < -0.4 is 4.74 Å². The number of methoxy groups -OCH3 is 1. The van der Waals surface area contributed by atoms with Crippen LogP contribution in [0, 0.1) is 5.92 Å². The number of nitrogens with zero attached hydrogens (tertiary/aromatic N) is 2. The summed E-state index contributed by atoms with van der Waals surface area (Å²) in [7, 11) is 1.70. The SMILES string of the molecule is C/C=C/CC(=O)N1C[C@H](c2ccc(OC)cc2)[C@H]2[C@@H]1C1CCN2CC1. The molecular formula is C21H28N2O2. The van der Waals surface area contributed by atoms with Gasteiger partial charge in [-0.2, -0.15) is 0 Å². The fourth-order valence-electron chi connectivity index (χ4n) is 5.18. The highest BCUT2D eigenvalue weighted by atomic mass is 16.5. The Hall–Kier alpha value is -1.81. The minimum absolute atomic E-state index is 0.290. The van der Waals surface area contributed by atoms with E-state index in [-0.39, 0.29) is 5.91 Å². The van der Waals surface area contributed by atoms with Gasteiger partial charge < -0.3 is 9.64 Å². The van der Waals surface area contributed by atoms with E-state index in [1.807, 2.05) is 31.2 Å². The van der Waals surface area contributed by atoms with E-state index < -0.39 is 0 Å². The molecule has 4 fully saturated rings. The highest BCUT2D eigenvalue weighted by Gasteiger charge is 2.54. The molecule has 0 spiro atoms. The molecule has 1 aromatic carbocycles. The minimum Gasteiger partial charge on any atom is -0.497 e. The van der Waals surface area contributed by atoms with Gasteiger partial charge in [0.2, 0.25) is 5.91 Å². The first-order valence-electron chi connectivity index (χ1n) is 9.51. The molecule has 0 N–H and O–H groups in total. The van der Waals surface area contributed by atoms with Crippen molar-refractivity contribution in [2.75, 3.05) is 26.7 Å². The highest BCUT2D eigenvalue weighted by Crippen LogP contribution is 2.46. The lowest BCUT2D eigenvalue weighted by molar-refractivity contribution is -0.135. The first-order valence-corrected chi connectivity index (χ1v) is 9.51. The molecule has 1 amide bonds. The average molecular weight is 340 g/mol. The molecule has 4 heteroatoms. The largest absolute Gasteiger partial charge is 0.497 e. The lowest BCUT2D eigenvalue weighted by Crippen LogP contribution is -2.60. The molecule has 4 aliphatic rings. The van der Waals surface area contributed by atoms with Crippen molar-refractivity contribution in [2.24, 2.45) is 5.92 Å². The van der Waals surface area contributed by atoms with Gasteiger partial charge in [-0.3, -0.25) is 9.69 Å².